The molecule has 1 unspecified atom stereocenters. The maximum Gasteiger partial charge on any atom is 0.374 e. The lowest BCUT2D eigenvalue weighted by Gasteiger charge is -2.17. The Morgan fingerprint density at radius 2 is 2.15 bits per heavy atom. The first-order chi connectivity index (χ1) is 9.67. The van der Waals surface area contributed by atoms with Crippen molar-refractivity contribution in [2.75, 3.05) is 20.8 Å². The molecule has 0 spiro atoms. The largest absolute Gasteiger partial charge is 0.475 e. The number of carboxylic acids is 1. The fraction of sp³-hybridized carbons (Fsp3) is 0.286. The second-order valence-corrected chi connectivity index (χ2v) is 4.15. The summed E-state index contributed by atoms with van der Waals surface area (Å²) in [5.41, 5.74) is 2.07. The fourth-order valence-electron chi connectivity index (χ4n) is 1.95. The minimum atomic E-state index is -1.15. The molecule has 2 aromatic rings. The summed E-state index contributed by atoms with van der Waals surface area (Å²) in [7, 11) is 3.18. The van der Waals surface area contributed by atoms with Crippen LogP contribution in [0, 0.1) is 0 Å². The molecule has 0 saturated heterocycles. The normalized spacial score (nSPS) is 12.3. The summed E-state index contributed by atoms with van der Waals surface area (Å²) in [4.78, 5) is 10.8. The van der Waals surface area contributed by atoms with E-state index in [2.05, 4.69) is 5.16 Å². The van der Waals surface area contributed by atoms with Gasteiger partial charge in [-0.1, -0.05) is 29.4 Å². The highest BCUT2D eigenvalue weighted by Crippen LogP contribution is 2.29. The van der Waals surface area contributed by atoms with Crippen molar-refractivity contribution in [3.8, 4) is 11.3 Å². The molecule has 20 heavy (non-hydrogen) atoms. The van der Waals surface area contributed by atoms with E-state index in [0.29, 0.717) is 12.3 Å². The molecule has 1 aromatic carbocycles. The number of nitrogens with zero attached hydrogens (tertiary/aromatic N) is 1. The third-order valence-electron chi connectivity index (χ3n) is 2.91. The van der Waals surface area contributed by atoms with Crippen molar-refractivity contribution in [2.24, 2.45) is 0 Å². The lowest BCUT2D eigenvalue weighted by atomic mass is 10.00. The number of aromatic carboxylic acids is 1. The van der Waals surface area contributed by atoms with E-state index in [1.54, 1.807) is 14.2 Å². The van der Waals surface area contributed by atoms with Crippen LogP contribution in [0.5, 0.6) is 0 Å². The molecule has 0 aliphatic rings. The van der Waals surface area contributed by atoms with Crippen LogP contribution in [0.2, 0.25) is 0 Å². The number of methoxy groups -OCH3 is 2. The molecule has 1 heterocycles. The van der Waals surface area contributed by atoms with Gasteiger partial charge in [0.1, 0.15) is 11.8 Å². The van der Waals surface area contributed by atoms with Gasteiger partial charge in [0.2, 0.25) is 5.76 Å². The Kier molecular flexibility index (Phi) is 4.49. The van der Waals surface area contributed by atoms with Gasteiger partial charge in [-0.05, 0) is 5.56 Å². The summed E-state index contributed by atoms with van der Waals surface area (Å²) in [5.74, 6) is -1.35. The average molecular weight is 277 g/mol. The highest BCUT2D eigenvalue weighted by molar-refractivity contribution is 5.85. The first-order valence-corrected chi connectivity index (χ1v) is 5.98. The second kappa shape index (κ2) is 6.31. The van der Waals surface area contributed by atoms with Crippen molar-refractivity contribution in [2.45, 2.75) is 6.10 Å². The van der Waals surface area contributed by atoms with Crippen LogP contribution < -0.4 is 0 Å². The molecule has 6 nitrogen and oxygen atoms in total. The minimum Gasteiger partial charge on any atom is -0.475 e. The summed E-state index contributed by atoms with van der Waals surface area (Å²) in [6.07, 6.45) is -0.263. The molecule has 0 saturated carbocycles. The third-order valence-corrected chi connectivity index (χ3v) is 2.91. The summed E-state index contributed by atoms with van der Waals surface area (Å²) >= 11 is 0. The van der Waals surface area contributed by atoms with Gasteiger partial charge in [0.25, 0.3) is 0 Å². The van der Waals surface area contributed by atoms with E-state index < -0.39 is 5.97 Å². The van der Waals surface area contributed by atoms with Gasteiger partial charge >= 0.3 is 5.97 Å². The smallest absolute Gasteiger partial charge is 0.374 e. The zero-order chi connectivity index (χ0) is 14.5. The van der Waals surface area contributed by atoms with Gasteiger partial charge in [0, 0.05) is 25.8 Å². The topological polar surface area (TPSA) is 81.8 Å². The van der Waals surface area contributed by atoms with Crippen LogP contribution in [0.1, 0.15) is 22.2 Å². The van der Waals surface area contributed by atoms with Gasteiger partial charge in [0.05, 0.1) is 6.61 Å². The van der Waals surface area contributed by atoms with E-state index in [9.17, 15) is 4.79 Å². The zero-order valence-corrected chi connectivity index (χ0v) is 11.2. The molecule has 2 rings (SSSR count). The highest BCUT2D eigenvalue weighted by Gasteiger charge is 2.19. The van der Waals surface area contributed by atoms with Crippen LogP contribution >= 0.6 is 0 Å². The standard InChI is InChI=1S/C14H15NO5/c1-18-8-13(19-2)10-6-4-3-5-9(10)11-7-12(14(16)17)20-15-11/h3-7,13H,8H2,1-2H3,(H,16,17). The zero-order valence-electron chi connectivity index (χ0n) is 11.2. The molecule has 0 amide bonds. The molecule has 6 heteroatoms. The number of benzene rings is 1. The van der Waals surface area contributed by atoms with Crippen molar-refractivity contribution in [1.29, 1.82) is 0 Å². The highest BCUT2D eigenvalue weighted by atomic mass is 16.5. The molecular formula is C14H15NO5. The average Bonchev–Trinajstić information content (AvgIpc) is 2.95. The van der Waals surface area contributed by atoms with E-state index >= 15 is 0 Å². The molecular weight excluding hydrogens is 262 g/mol. The van der Waals surface area contributed by atoms with Gasteiger partial charge in [-0.3, -0.25) is 0 Å². The maximum absolute atomic E-state index is 10.8. The van der Waals surface area contributed by atoms with E-state index in [1.807, 2.05) is 24.3 Å². The first-order valence-electron chi connectivity index (χ1n) is 5.98. The van der Waals surface area contributed by atoms with Gasteiger partial charge in [-0.25, -0.2) is 4.79 Å². The Balaban J connectivity index is 2.42. The van der Waals surface area contributed by atoms with E-state index in [4.69, 9.17) is 19.1 Å². The number of aromatic nitrogens is 1. The number of carboxylic acid groups (broad SMARTS) is 1. The van der Waals surface area contributed by atoms with Crippen molar-refractivity contribution in [1.82, 2.24) is 5.16 Å². The van der Waals surface area contributed by atoms with Crippen LogP contribution in [0.3, 0.4) is 0 Å². The fourth-order valence-corrected chi connectivity index (χ4v) is 1.95. The predicted molar refractivity (Wildman–Crippen MR) is 70.5 cm³/mol. The van der Waals surface area contributed by atoms with Crippen LogP contribution in [-0.4, -0.2) is 37.1 Å². The van der Waals surface area contributed by atoms with Crippen molar-refractivity contribution in [3.05, 3.63) is 41.7 Å². The summed E-state index contributed by atoms with van der Waals surface area (Å²) in [6, 6.07) is 8.82. The Morgan fingerprint density at radius 1 is 1.40 bits per heavy atom. The van der Waals surface area contributed by atoms with Gasteiger partial charge in [0.15, 0.2) is 0 Å². The maximum atomic E-state index is 10.8. The van der Waals surface area contributed by atoms with Crippen LogP contribution in [0.4, 0.5) is 0 Å². The molecule has 0 aliphatic heterocycles. The molecule has 0 aliphatic carbocycles. The van der Waals surface area contributed by atoms with E-state index in [1.165, 1.54) is 6.07 Å². The summed E-state index contributed by atoms with van der Waals surface area (Å²) in [6.45, 7) is 0.386. The Morgan fingerprint density at radius 3 is 2.75 bits per heavy atom. The number of ether oxygens (including phenoxy) is 2. The summed E-state index contributed by atoms with van der Waals surface area (Å²) in [5, 5.41) is 12.7. The molecule has 1 aromatic heterocycles. The predicted octanol–water partition coefficient (Wildman–Crippen LogP) is 2.37. The third kappa shape index (κ3) is 2.87. The second-order valence-electron chi connectivity index (χ2n) is 4.15. The van der Waals surface area contributed by atoms with Crippen LogP contribution in [-0.2, 0) is 9.47 Å². The molecule has 1 N–H and O–H groups in total. The van der Waals surface area contributed by atoms with Crippen LogP contribution in [0.25, 0.3) is 11.3 Å². The number of carbonyl (C=O) groups is 1. The van der Waals surface area contributed by atoms with Gasteiger partial charge in [-0.15, -0.1) is 0 Å². The number of rotatable bonds is 6. The Hall–Kier alpha value is -2.18. The first kappa shape index (κ1) is 14.2. The van der Waals surface area contributed by atoms with Crippen molar-refractivity contribution >= 4 is 5.97 Å². The van der Waals surface area contributed by atoms with E-state index in [0.717, 1.165) is 11.1 Å². The van der Waals surface area contributed by atoms with Gasteiger partial charge < -0.3 is 19.1 Å². The summed E-state index contributed by atoms with van der Waals surface area (Å²) < 4.78 is 15.3. The Labute approximate surface area is 115 Å². The molecule has 0 fully saturated rings. The van der Waals surface area contributed by atoms with Crippen molar-refractivity contribution < 1.29 is 23.9 Å². The molecule has 0 bridgehead atoms. The number of hydrogen-bond acceptors (Lipinski definition) is 5. The van der Waals surface area contributed by atoms with Gasteiger partial charge in [-0.2, -0.15) is 0 Å². The number of hydrogen-bond donors (Lipinski definition) is 1. The quantitative estimate of drug-likeness (QED) is 0.873. The molecule has 106 valence electrons. The van der Waals surface area contributed by atoms with Crippen LogP contribution in [0.15, 0.2) is 34.9 Å². The molecule has 0 radical (unpaired) electrons. The molecule has 1 atom stereocenters. The van der Waals surface area contributed by atoms with E-state index in [-0.39, 0.29) is 11.9 Å². The van der Waals surface area contributed by atoms with Crippen molar-refractivity contribution in [3.63, 3.8) is 0 Å². The lowest BCUT2D eigenvalue weighted by molar-refractivity contribution is 0.0278. The minimum absolute atomic E-state index is 0.199. The Bertz CT molecular complexity index is 593. The lowest BCUT2D eigenvalue weighted by Crippen LogP contribution is -2.09. The SMILES string of the molecule is COCC(OC)c1ccccc1-c1cc(C(=O)O)on1. The monoisotopic (exact) mass is 277 g/mol.